The molecule has 832 valence electrons. The quantitative estimate of drug-likeness (QED) is 0.00607. The summed E-state index contributed by atoms with van der Waals surface area (Å²) in [6.45, 7) is 45.3. The molecule has 149 heavy (non-hydrogen) atoms. The van der Waals surface area contributed by atoms with Crippen molar-refractivity contribution < 1.29 is 99.7 Å². The number of ether oxygens (including phenoxy) is 2. The minimum atomic E-state index is -4.87. The molecule has 4 aliphatic heterocycles. The van der Waals surface area contributed by atoms with E-state index in [1.54, 1.807) is 48.3 Å². The number of esters is 2. The molecule has 0 spiro atoms. The zero-order valence-corrected chi connectivity index (χ0v) is 93.5. The lowest BCUT2D eigenvalue weighted by Gasteiger charge is -2.40. The van der Waals surface area contributed by atoms with Gasteiger partial charge in [-0.2, -0.15) is 35.0 Å². The second-order valence-electron chi connectivity index (χ2n) is 39.9. The van der Waals surface area contributed by atoms with Gasteiger partial charge in [0.1, 0.15) is 17.9 Å². The Kier molecular flexibility index (Phi) is 49.2. The summed E-state index contributed by atoms with van der Waals surface area (Å²) in [5.41, 5.74) is 2.99. The van der Waals surface area contributed by atoms with Crippen molar-refractivity contribution in [1.29, 1.82) is 0 Å². The van der Waals surface area contributed by atoms with Crippen molar-refractivity contribution in [1.82, 2.24) is 91.9 Å². The van der Waals surface area contributed by atoms with Crippen LogP contribution in [0.15, 0.2) is 181 Å². The van der Waals surface area contributed by atoms with Crippen molar-refractivity contribution in [2.24, 2.45) is 5.73 Å². The van der Waals surface area contributed by atoms with Crippen molar-refractivity contribution in [3.8, 4) is 0 Å². The summed E-state index contributed by atoms with van der Waals surface area (Å²) in [7, 11) is -7.49. The summed E-state index contributed by atoms with van der Waals surface area (Å²) >= 11 is 0. The topological polar surface area (TPSA) is 431 Å². The highest BCUT2D eigenvalue weighted by Crippen LogP contribution is 2.49. The first kappa shape index (κ1) is 128. The average molecular weight is 2210 g/mol. The Hall–Kier alpha value is -9.21. The van der Waals surface area contributed by atoms with E-state index < -0.39 is 71.4 Å². The summed E-state index contributed by atoms with van der Waals surface area (Å²) in [6.07, 6.45) is 37.9. The first-order valence-electron chi connectivity index (χ1n) is 50.0. The molecule has 48 heteroatoms. The molecular weight excluding hydrogens is 2060 g/mol. The van der Waals surface area contributed by atoms with Crippen molar-refractivity contribution in [2.45, 2.75) is 276 Å². The Morgan fingerprint density at radius 2 is 0.866 bits per heavy atom. The standard InChI is InChI=1S/C21H27F3N4O3S.C20H26N4O3S.C12H20N4.C8H7ClO3S.C8H10N2O2.C8H12N2.C6H11NO2.C6H15N.C5H12N2.C4H9F3Si.C2H2O2.CH2O.ClH/c1-16-13-26(14-20(7-8-20)27-10-9-25-15-27)11-12-28(16)32(30,31)18-5-3-17(4-6-18)19(2,29)21(22,23)24;1-16-13-22(14-20(7-8-20)23-10-9-21-15-23)11-12-24(16)28(26,27)19-5-3-18(4-6-19)17(2)25;1-11-8-15(6-5-14-11)9-12(2-3-12)16-7-4-13-10-16;1-6(10)7-2-4-8(5-3-7)13(9,11)12;1-12-7(11)8(2-3-8)10-5-4-9-6-10;1-2-8(3-4-8)10-6-5-9-7-10;1-2-9-5(8)6(7)3-4-6;1-4-7(5-2)6-3;1-5-4-6-2-3-7-5;1-8(2,3)4(5,6)7;3-1-2-4;1-2;/h3-6,9-10,15-16,29H,7-8,11-14H2,1-2H3;3-6,9-10,15-16H,7-8,11-14H2,1-2H3;4,7,10-11,14H,2-3,5-6,8-9H2,1H3;2-5H,1H3;4-6H,2-3H2,1H3;5-7H,2-4H2,1H3;2-4,7H2,1H3;4-6H2,1-3H3;5-7H,2-4H2,1H3;1-3H3;1-2H;1H2;1H/t16-,19?;16-;11-;;;;;;5-;;;;/m111.....1..../s1. The van der Waals surface area contributed by atoms with Crippen LogP contribution in [-0.4, -0.2) is 330 Å². The van der Waals surface area contributed by atoms with Gasteiger partial charge in [-0.25, -0.2) is 55.0 Å². The molecule has 8 aromatic rings. The third-order valence-electron chi connectivity index (χ3n) is 27.7. The number of imidazole rings is 5. The van der Waals surface area contributed by atoms with E-state index >= 15 is 0 Å². The number of benzene rings is 3. The van der Waals surface area contributed by atoms with E-state index in [0.29, 0.717) is 87.1 Å². The summed E-state index contributed by atoms with van der Waals surface area (Å²) in [5.74, 6) is -4.52. The maximum absolute atomic E-state index is 13.2. The van der Waals surface area contributed by atoms with Gasteiger partial charge >= 0.3 is 23.9 Å². The predicted molar refractivity (Wildman–Crippen MR) is 563 cm³/mol. The molecular formula is C101H154Cl2F6N20O16S3Si. The minimum absolute atomic E-state index is 0. The third kappa shape index (κ3) is 37.3. The van der Waals surface area contributed by atoms with Crippen LogP contribution in [0.1, 0.15) is 193 Å². The first-order chi connectivity index (χ1) is 69.6. The molecule has 1 unspecified atom stereocenters. The molecule has 0 bridgehead atoms. The van der Waals surface area contributed by atoms with Gasteiger partial charge in [0.25, 0.3) is 9.05 Å². The van der Waals surface area contributed by atoms with Crippen molar-refractivity contribution in [3.05, 3.63) is 183 Å². The van der Waals surface area contributed by atoms with Crippen molar-refractivity contribution in [2.75, 3.05) is 132 Å². The van der Waals surface area contributed by atoms with Gasteiger partial charge in [-0.05, 0) is 200 Å². The molecule has 10 aliphatic rings. The number of sulfonamides is 2. The van der Waals surface area contributed by atoms with Gasteiger partial charge in [0.15, 0.2) is 37.8 Å². The number of hydrogen-bond acceptors (Lipinski definition) is 29. The van der Waals surface area contributed by atoms with E-state index in [-0.39, 0.29) is 86.3 Å². The number of rotatable bonds is 27. The molecule has 9 heterocycles. The number of hydrogen-bond donors (Lipinski definition) is 5. The molecule has 5 aromatic heterocycles. The summed E-state index contributed by atoms with van der Waals surface area (Å²) in [6, 6.07) is 16.9. The van der Waals surface area contributed by atoms with Crippen LogP contribution in [0, 0.1) is 0 Å². The molecule has 5 atom stereocenters. The molecule has 3 aromatic carbocycles. The van der Waals surface area contributed by atoms with Crippen LogP contribution >= 0.6 is 23.1 Å². The number of ketones is 2. The van der Waals surface area contributed by atoms with Gasteiger partial charge in [-0.1, -0.05) is 83.7 Å². The van der Waals surface area contributed by atoms with E-state index in [4.69, 9.17) is 40.3 Å². The van der Waals surface area contributed by atoms with Crippen LogP contribution in [0.2, 0.25) is 19.6 Å². The molecule has 18 rings (SSSR count). The number of nitrogens with one attached hydrogen (secondary N) is 3. The highest BCUT2D eigenvalue weighted by atomic mass is 35.7. The van der Waals surface area contributed by atoms with Crippen molar-refractivity contribution in [3.63, 3.8) is 0 Å². The van der Waals surface area contributed by atoms with Gasteiger partial charge in [0, 0.05) is 212 Å². The number of aliphatic hydroxyl groups is 1. The van der Waals surface area contributed by atoms with Gasteiger partial charge in [0.2, 0.25) is 20.0 Å². The Bertz CT molecular complexity index is 5700. The number of nitrogens with two attached hydrogens (primary N) is 1. The fourth-order valence-electron chi connectivity index (χ4n) is 17.0. The van der Waals surface area contributed by atoms with E-state index in [0.717, 1.165) is 115 Å². The number of carbonyl (C=O) groups is 7. The molecule has 4 saturated heterocycles. The Morgan fingerprint density at radius 3 is 1.11 bits per heavy atom. The largest absolute Gasteiger partial charge is 0.467 e. The zero-order chi connectivity index (χ0) is 110. The maximum atomic E-state index is 13.2. The lowest BCUT2D eigenvalue weighted by atomic mass is 9.96. The van der Waals surface area contributed by atoms with Crippen LogP contribution in [0.4, 0.5) is 26.3 Å². The average Bonchev–Trinajstić information content (AvgIpc) is 1.63. The Morgan fingerprint density at radius 1 is 0.517 bits per heavy atom. The monoisotopic (exact) mass is 2210 g/mol. The van der Waals surface area contributed by atoms with Crippen LogP contribution in [-0.2, 0) is 95.8 Å². The van der Waals surface area contributed by atoms with Crippen LogP contribution in [0.3, 0.4) is 0 Å². The molecule has 0 radical (unpaired) electrons. The number of aromatic nitrogens is 10. The number of alkyl halides is 6. The highest BCUT2D eigenvalue weighted by Gasteiger charge is 2.55. The normalized spacial score (nSPS) is 20.8. The number of carbonyl (C=O) groups excluding carboxylic acids is 7. The molecule has 0 amide bonds. The number of aldehydes is 2. The summed E-state index contributed by atoms with van der Waals surface area (Å²) in [4.78, 5) is 100. The zero-order valence-electron chi connectivity index (χ0n) is 88.5. The molecule has 10 fully saturated rings. The lowest BCUT2D eigenvalue weighted by molar-refractivity contribution is -0.258. The lowest BCUT2D eigenvalue weighted by Crippen LogP contribution is -2.55. The van der Waals surface area contributed by atoms with Gasteiger partial charge in [-0.15, -0.1) is 12.4 Å². The van der Waals surface area contributed by atoms with Gasteiger partial charge < -0.3 is 68.8 Å². The number of methoxy groups -OCH3 is 1. The summed E-state index contributed by atoms with van der Waals surface area (Å²) in [5, 5.41) is 19.9. The predicted octanol–water partition coefficient (Wildman–Crippen LogP) is 12.3. The second-order valence-corrected chi connectivity index (χ2v) is 51.3. The fourth-order valence-corrected chi connectivity index (χ4v) is 21.0. The second kappa shape index (κ2) is 57.1. The van der Waals surface area contributed by atoms with Crippen LogP contribution < -0.4 is 21.7 Å². The number of Topliss-reactive ketones (excluding diaryl/α,β-unsaturated/α-hetero) is 2. The van der Waals surface area contributed by atoms with E-state index in [1.807, 2.05) is 81.5 Å². The Labute approximate surface area is 885 Å². The Balaban J connectivity index is 0.000000263. The van der Waals surface area contributed by atoms with Gasteiger partial charge in [0.05, 0.1) is 76.7 Å². The fraction of sp³-hybridized carbons (Fsp3) is 0.604. The molecule has 6 N–H and O–H groups in total. The maximum Gasteiger partial charge on any atom is 0.421 e. The highest BCUT2D eigenvalue weighted by molar-refractivity contribution is 8.13. The van der Waals surface area contributed by atoms with E-state index in [2.05, 4.69) is 133 Å². The molecule has 6 aliphatic carbocycles. The van der Waals surface area contributed by atoms with E-state index in [9.17, 15) is 75.9 Å². The van der Waals surface area contributed by atoms with Crippen LogP contribution in [0.5, 0.6) is 0 Å². The SMILES string of the molecule is C=O.CC(=O)c1ccc(S(=O)(=O)Cl)cc1.CC(=O)c1ccc(S(=O)(=O)N2CCN(CC3(n4ccnc4)CC3)C[C@H]2C)cc1.CCC1(n2ccnc2)CC1.CCN(CC)CC.CCOC(=O)C1(N)CC1.COC(=O)C1(n2ccnc2)CC1.C[C@@H]1CN(CC2(n3ccnc3)CC2)CCN1.C[C@@H]1CN(CC2(n3ccnc3)CC2)CCN1S(=O)(=O)c1ccc(C(C)(O)C(F)(F)F)cc1.C[C@@H]1CNCCN1.C[Si](C)(C)C(F)(F)F.Cl.O=CC=O. The minimum Gasteiger partial charge on any atom is -0.467 e. The summed E-state index contributed by atoms with van der Waals surface area (Å²) < 4.78 is 171. The molecule has 36 nitrogen and oxygen atoms in total. The number of nitrogens with zero attached hydrogens (tertiary/aromatic N) is 16. The van der Waals surface area contributed by atoms with Gasteiger partial charge in [-0.3, -0.25) is 38.7 Å². The number of piperazine rings is 4. The smallest absolute Gasteiger partial charge is 0.421 e. The molecule has 6 saturated carbocycles. The van der Waals surface area contributed by atoms with E-state index in [1.165, 1.54) is 153 Å². The van der Waals surface area contributed by atoms with Crippen molar-refractivity contribution >= 4 is 103 Å². The number of halogens is 8. The van der Waals surface area contributed by atoms with Crippen LogP contribution in [0.25, 0.3) is 0 Å². The first-order valence-corrected chi connectivity index (χ1v) is 58.7. The third-order valence-corrected chi connectivity index (χ3v) is 34.8.